The van der Waals surface area contributed by atoms with E-state index in [-0.39, 0.29) is 51.1 Å². The standard InChI is InChI=1S/C23H26Br2N2O5/c1-10(2)9-32-23(31)12-4-6-13(7-5-12)26-20(28)11(3)27-21(29)16-14-8-15(17(16)22(27)30)19(25)18(14)24/h4-7,10-11,14-19H,8-9H2,1-3H3,(H,26,28)/t11-,14+,15+,16-,17+,18-,19+/m1/s1. The molecule has 7 atom stereocenters. The molecule has 3 aliphatic rings. The Morgan fingerprint density at radius 1 is 1.03 bits per heavy atom. The first-order valence-corrected chi connectivity index (χ1v) is 12.7. The minimum absolute atomic E-state index is 0.106. The number of carbonyl (C=O) groups is 4. The van der Waals surface area contributed by atoms with Gasteiger partial charge in [-0.3, -0.25) is 19.3 Å². The maximum Gasteiger partial charge on any atom is 0.338 e. The minimum Gasteiger partial charge on any atom is -0.462 e. The van der Waals surface area contributed by atoms with E-state index in [1.807, 2.05) is 13.8 Å². The Hall–Kier alpha value is -1.74. The van der Waals surface area contributed by atoms with Crippen molar-refractivity contribution in [3.63, 3.8) is 0 Å². The van der Waals surface area contributed by atoms with Crippen LogP contribution in [0.4, 0.5) is 5.69 Å². The minimum atomic E-state index is -0.918. The summed E-state index contributed by atoms with van der Waals surface area (Å²) < 4.78 is 5.20. The van der Waals surface area contributed by atoms with Crippen molar-refractivity contribution in [3.8, 4) is 0 Å². The number of carbonyl (C=O) groups excluding carboxylic acids is 4. The Morgan fingerprint density at radius 3 is 2.06 bits per heavy atom. The lowest BCUT2D eigenvalue weighted by Gasteiger charge is -2.28. The number of nitrogens with one attached hydrogen (secondary N) is 1. The van der Waals surface area contributed by atoms with Crippen LogP contribution in [-0.2, 0) is 19.1 Å². The van der Waals surface area contributed by atoms with Crippen LogP contribution in [-0.4, -0.2) is 50.9 Å². The van der Waals surface area contributed by atoms with Crippen LogP contribution in [0.5, 0.6) is 0 Å². The van der Waals surface area contributed by atoms with Crippen LogP contribution in [0.25, 0.3) is 0 Å². The van der Waals surface area contributed by atoms with E-state index in [1.54, 1.807) is 31.2 Å². The Morgan fingerprint density at radius 2 is 1.56 bits per heavy atom. The Balaban J connectivity index is 1.41. The Bertz CT molecular complexity index is 918. The molecule has 1 N–H and O–H groups in total. The summed E-state index contributed by atoms with van der Waals surface area (Å²) in [4.78, 5) is 52.5. The molecule has 3 fully saturated rings. The topological polar surface area (TPSA) is 92.8 Å². The zero-order chi connectivity index (χ0) is 23.3. The summed E-state index contributed by atoms with van der Waals surface area (Å²) in [6.45, 7) is 5.82. The SMILES string of the molecule is CC(C)COC(=O)c1ccc(NC(=O)[C@@H](C)N2C(=O)[C@@H]3[C@@H]4C[C@H]([C@H](Br)[C@@H]4Br)[C@@H]3C2=O)cc1. The smallest absolute Gasteiger partial charge is 0.338 e. The summed E-state index contributed by atoms with van der Waals surface area (Å²) in [5, 5.41) is 2.74. The van der Waals surface area contributed by atoms with E-state index >= 15 is 0 Å². The number of hydrogen-bond acceptors (Lipinski definition) is 5. The Labute approximate surface area is 203 Å². The van der Waals surface area contributed by atoms with Gasteiger partial charge < -0.3 is 10.1 Å². The first-order chi connectivity index (χ1) is 15.1. The lowest BCUT2D eigenvalue weighted by Crippen LogP contribution is -2.46. The van der Waals surface area contributed by atoms with E-state index in [2.05, 4.69) is 37.2 Å². The summed E-state index contributed by atoms with van der Waals surface area (Å²) >= 11 is 7.33. The van der Waals surface area contributed by atoms with Gasteiger partial charge in [-0.15, -0.1) is 0 Å². The third kappa shape index (κ3) is 3.91. The molecule has 7 nitrogen and oxygen atoms in total. The van der Waals surface area contributed by atoms with Gasteiger partial charge in [0.1, 0.15) is 6.04 Å². The molecule has 0 unspecified atom stereocenters. The first kappa shape index (κ1) is 23.4. The number of imide groups is 1. The van der Waals surface area contributed by atoms with Crippen molar-refractivity contribution in [3.05, 3.63) is 29.8 Å². The zero-order valence-corrected chi connectivity index (χ0v) is 21.3. The molecule has 0 spiro atoms. The van der Waals surface area contributed by atoms with Crippen LogP contribution in [0.2, 0.25) is 0 Å². The van der Waals surface area contributed by atoms with Crippen LogP contribution in [0.3, 0.4) is 0 Å². The van der Waals surface area contributed by atoms with Gasteiger partial charge in [0.05, 0.1) is 24.0 Å². The third-order valence-corrected chi connectivity index (χ3v) is 9.93. The maximum absolute atomic E-state index is 13.1. The van der Waals surface area contributed by atoms with E-state index in [1.165, 1.54) is 0 Å². The van der Waals surface area contributed by atoms with Crippen LogP contribution < -0.4 is 5.32 Å². The van der Waals surface area contributed by atoms with Crippen LogP contribution in [0.15, 0.2) is 24.3 Å². The van der Waals surface area contributed by atoms with Crippen LogP contribution >= 0.6 is 31.9 Å². The molecule has 2 aliphatic carbocycles. The van der Waals surface area contributed by atoms with Gasteiger partial charge in [0, 0.05) is 15.3 Å². The summed E-state index contributed by atoms with van der Waals surface area (Å²) in [6, 6.07) is 5.43. The molecular weight excluding hydrogens is 544 g/mol. The number of ether oxygens (including phenoxy) is 1. The zero-order valence-electron chi connectivity index (χ0n) is 18.1. The highest BCUT2D eigenvalue weighted by Crippen LogP contribution is 2.60. The molecule has 3 amide bonds. The molecule has 32 heavy (non-hydrogen) atoms. The average molecular weight is 570 g/mol. The van der Waals surface area contributed by atoms with Gasteiger partial charge in [-0.25, -0.2) is 4.79 Å². The van der Waals surface area contributed by atoms with Crippen molar-refractivity contribution in [2.24, 2.45) is 29.6 Å². The van der Waals surface area contributed by atoms with Crippen molar-refractivity contribution in [2.75, 3.05) is 11.9 Å². The summed E-state index contributed by atoms with van der Waals surface area (Å²) in [5.41, 5.74) is 0.862. The van der Waals surface area contributed by atoms with Crippen molar-refractivity contribution in [1.29, 1.82) is 0 Å². The highest BCUT2D eigenvalue weighted by atomic mass is 79.9. The monoisotopic (exact) mass is 568 g/mol. The number of rotatable bonds is 6. The van der Waals surface area contributed by atoms with Gasteiger partial charge in [-0.05, 0) is 55.4 Å². The van der Waals surface area contributed by atoms with E-state index in [0.29, 0.717) is 17.9 Å². The molecule has 1 aliphatic heterocycles. The second-order valence-electron chi connectivity index (χ2n) is 9.29. The van der Waals surface area contributed by atoms with Crippen LogP contribution in [0.1, 0.15) is 37.6 Å². The molecule has 1 aromatic rings. The number of esters is 1. The van der Waals surface area contributed by atoms with Gasteiger partial charge >= 0.3 is 5.97 Å². The fourth-order valence-corrected chi connectivity index (χ4v) is 7.01. The number of fused-ring (bicyclic) bond motifs is 5. The Kier molecular flexibility index (Phi) is 6.51. The lowest BCUT2D eigenvalue weighted by atomic mass is 9.81. The largest absolute Gasteiger partial charge is 0.462 e. The van der Waals surface area contributed by atoms with Gasteiger partial charge in [-0.1, -0.05) is 45.7 Å². The summed E-state index contributed by atoms with van der Waals surface area (Å²) in [6.07, 6.45) is 0.846. The van der Waals surface area contributed by atoms with E-state index < -0.39 is 17.9 Å². The fraction of sp³-hybridized carbons (Fsp3) is 0.565. The van der Waals surface area contributed by atoms with Crippen molar-refractivity contribution < 1.29 is 23.9 Å². The molecule has 2 saturated carbocycles. The number of halogens is 2. The molecule has 172 valence electrons. The van der Waals surface area contributed by atoms with Crippen molar-refractivity contribution in [2.45, 2.75) is 42.9 Å². The van der Waals surface area contributed by atoms with Gasteiger partial charge in [-0.2, -0.15) is 0 Å². The van der Waals surface area contributed by atoms with Crippen LogP contribution in [0, 0.1) is 29.6 Å². The highest BCUT2D eigenvalue weighted by Gasteiger charge is 2.67. The first-order valence-electron chi connectivity index (χ1n) is 10.8. The second kappa shape index (κ2) is 8.89. The number of nitrogens with zero attached hydrogens (tertiary/aromatic N) is 1. The maximum atomic E-state index is 13.1. The van der Waals surface area contributed by atoms with E-state index in [4.69, 9.17) is 4.74 Å². The number of amides is 3. The fourth-order valence-electron chi connectivity index (χ4n) is 5.13. The lowest BCUT2D eigenvalue weighted by molar-refractivity contribution is -0.146. The summed E-state index contributed by atoms with van der Waals surface area (Å²) in [7, 11) is 0. The van der Waals surface area contributed by atoms with Gasteiger partial charge in [0.25, 0.3) is 0 Å². The third-order valence-electron chi connectivity index (χ3n) is 6.72. The molecule has 1 aromatic carbocycles. The summed E-state index contributed by atoms with van der Waals surface area (Å²) in [5.74, 6) is -1.61. The molecule has 1 heterocycles. The predicted molar refractivity (Wildman–Crippen MR) is 126 cm³/mol. The quantitative estimate of drug-likeness (QED) is 0.321. The molecule has 0 radical (unpaired) electrons. The molecule has 9 heteroatoms. The average Bonchev–Trinajstić information content (AvgIpc) is 3.36. The van der Waals surface area contributed by atoms with Crippen molar-refractivity contribution >= 4 is 61.2 Å². The molecule has 2 bridgehead atoms. The number of anilines is 1. The molecule has 0 aromatic heterocycles. The highest BCUT2D eigenvalue weighted by molar-refractivity contribution is 9.12. The number of hydrogen-bond donors (Lipinski definition) is 1. The molecule has 4 rings (SSSR count). The van der Waals surface area contributed by atoms with Crippen molar-refractivity contribution in [1.82, 2.24) is 4.90 Å². The normalized spacial score (nSPS) is 31.8. The number of benzene rings is 1. The predicted octanol–water partition coefficient (Wildman–Crippen LogP) is 3.60. The van der Waals surface area contributed by atoms with Gasteiger partial charge in [0.15, 0.2) is 0 Å². The van der Waals surface area contributed by atoms with Gasteiger partial charge in [0.2, 0.25) is 17.7 Å². The second-order valence-corrected chi connectivity index (χ2v) is 11.4. The number of likely N-dealkylation sites (tertiary alicyclic amines) is 1. The van der Waals surface area contributed by atoms with E-state index in [9.17, 15) is 19.2 Å². The number of alkyl halides is 2. The molecular formula is C23H26Br2N2O5. The molecule has 1 saturated heterocycles. The van der Waals surface area contributed by atoms with E-state index in [0.717, 1.165) is 11.3 Å².